The van der Waals surface area contributed by atoms with Crippen LogP contribution >= 0.6 is 0 Å². The monoisotopic (exact) mass is 382 g/mol. The zero-order valence-electron chi connectivity index (χ0n) is 16.3. The molecule has 4 nitrogen and oxygen atoms in total. The van der Waals surface area contributed by atoms with Crippen LogP contribution in [0.15, 0.2) is 24.3 Å². The van der Waals surface area contributed by atoms with Gasteiger partial charge >= 0.3 is 0 Å². The highest BCUT2D eigenvalue weighted by molar-refractivity contribution is 7.91. The van der Waals surface area contributed by atoms with Gasteiger partial charge < -0.3 is 9.47 Å². The van der Waals surface area contributed by atoms with E-state index in [9.17, 15) is 8.42 Å². The van der Waals surface area contributed by atoms with Crippen LogP contribution in [0.4, 0.5) is 0 Å². The normalized spacial score (nSPS) is 16.1. The Morgan fingerprint density at radius 1 is 1.00 bits per heavy atom. The Morgan fingerprint density at radius 3 is 2.27 bits per heavy atom. The van der Waals surface area contributed by atoms with E-state index in [1.165, 1.54) is 5.56 Å². The first-order chi connectivity index (χ1) is 12.5. The lowest BCUT2D eigenvalue weighted by Crippen LogP contribution is -2.25. The van der Waals surface area contributed by atoms with Crippen molar-refractivity contribution in [2.75, 3.05) is 19.0 Å². The fourth-order valence-electron chi connectivity index (χ4n) is 3.12. The third-order valence-corrected chi connectivity index (χ3v) is 7.30. The summed E-state index contributed by atoms with van der Waals surface area (Å²) in [4.78, 5) is 0. The van der Waals surface area contributed by atoms with Crippen molar-refractivity contribution in [3.63, 3.8) is 0 Å². The predicted molar refractivity (Wildman–Crippen MR) is 107 cm³/mol. The minimum Gasteiger partial charge on any atom is -0.490 e. The van der Waals surface area contributed by atoms with Crippen molar-refractivity contribution in [2.45, 2.75) is 76.6 Å². The lowest BCUT2D eigenvalue weighted by molar-refractivity contribution is 0.0255. The third-order valence-electron chi connectivity index (χ3n) is 5.01. The molecule has 1 aromatic carbocycles. The second-order valence-electron chi connectivity index (χ2n) is 7.51. The van der Waals surface area contributed by atoms with Crippen LogP contribution in [0.5, 0.6) is 5.75 Å². The fraction of sp³-hybridized carbons (Fsp3) is 0.714. The molecular formula is C21H34O4S. The highest BCUT2D eigenvalue weighted by Crippen LogP contribution is 2.19. The summed E-state index contributed by atoms with van der Waals surface area (Å²) < 4.78 is 34.8. The van der Waals surface area contributed by atoms with Crippen LogP contribution in [0.25, 0.3) is 0 Å². The Labute approximate surface area is 159 Å². The van der Waals surface area contributed by atoms with Gasteiger partial charge in [-0.15, -0.1) is 0 Å². The van der Waals surface area contributed by atoms with Crippen molar-refractivity contribution in [1.82, 2.24) is 0 Å². The number of hydrogen-bond acceptors (Lipinski definition) is 4. The molecule has 0 spiro atoms. The van der Waals surface area contributed by atoms with E-state index < -0.39 is 9.84 Å². The molecule has 0 atom stereocenters. The van der Waals surface area contributed by atoms with Gasteiger partial charge in [0.15, 0.2) is 9.84 Å². The molecule has 26 heavy (non-hydrogen) atoms. The van der Waals surface area contributed by atoms with Crippen LogP contribution in [0, 0.1) is 0 Å². The second kappa shape index (κ2) is 10.9. The molecule has 1 fully saturated rings. The number of unbranched alkanes of at least 4 members (excludes halogenated alkanes) is 4. The van der Waals surface area contributed by atoms with Crippen LogP contribution in [0.2, 0.25) is 0 Å². The minimum atomic E-state index is -2.87. The van der Waals surface area contributed by atoms with Crippen molar-refractivity contribution < 1.29 is 17.9 Å². The van der Waals surface area contributed by atoms with E-state index in [0.717, 1.165) is 70.3 Å². The molecular weight excluding hydrogens is 348 g/mol. The fourth-order valence-corrected chi connectivity index (χ4v) is 4.20. The van der Waals surface area contributed by atoms with Gasteiger partial charge in [-0.3, -0.25) is 0 Å². The molecule has 0 N–H and O–H groups in total. The highest BCUT2D eigenvalue weighted by atomic mass is 32.2. The lowest BCUT2D eigenvalue weighted by Gasteiger charge is -2.23. The molecule has 1 aromatic rings. The van der Waals surface area contributed by atoms with Gasteiger partial charge in [0.05, 0.1) is 24.2 Å². The second-order valence-corrected chi connectivity index (χ2v) is 10.2. The number of rotatable bonds is 11. The SMILES string of the molecule is CC(C)S(=O)(=O)CCCCCCCc1ccc(OC2CCOCC2)cc1. The maximum absolute atomic E-state index is 11.7. The molecule has 1 aliphatic rings. The van der Waals surface area contributed by atoms with Crippen LogP contribution < -0.4 is 4.74 Å². The molecule has 0 radical (unpaired) electrons. The number of hydrogen-bond donors (Lipinski definition) is 0. The maximum Gasteiger partial charge on any atom is 0.152 e. The Bertz CT molecular complexity index is 601. The van der Waals surface area contributed by atoms with Crippen molar-refractivity contribution in [3.8, 4) is 5.75 Å². The summed E-state index contributed by atoms with van der Waals surface area (Å²) in [5, 5.41) is -0.249. The third kappa shape index (κ3) is 7.67. The number of sulfone groups is 1. The summed E-state index contributed by atoms with van der Waals surface area (Å²) in [6, 6.07) is 8.46. The Hall–Kier alpha value is -1.07. The number of ether oxygens (including phenoxy) is 2. The zero-order valence-corrected chi connectivity index (χ0v) is 17.1. The van der Waals surface area contributed by atoms with Gasteiger partial charge in [0.1, 0.15) is 11.9 Å². The first-order valence-electron chi connectivity index (χ1n) is 10.0. The van der Waals surface area contributed by atoms with Gasteiger partial charge in [0, 0.05) is 12.8 Å². The molecule has 0 saturated carbocycles. The Balaban J connectivity index is 1.57. The predicted octanol–water partition coefficient (Wildman–Crippen LogP) is 4.56. The molecule has 148 valence electrons. The van der Waals surface area contributed by atoms with E-state index in [1.54, 1.807) is 13.8 Å². The summed E-state index contributed by atoms with van der Waals surface area (Å²) in [5.41, 5.74) is 1.34. The summed E-state index contributed by atoms with van der Waals surface area (Å²) >= 11 is 0. The molecule has 1 saturated heterocycles. The van der Waals surface area contributed by atoms with E-state index in [2.05, 4.69) is 24.3 Å². The lowest BCUT2D eigenvalue weighted by atomic mass is 10.1. The molecule has 1 aliphatic heterocycles. The first kappa shape index (κ1) is 21.2. The van der Waals surface area contributed by atoms with Gasteiger partial charge in [-0.05, 0) is 50.8 Å². The van der Waals surface area contributed by atoms with Gasteiger partial charge in [-0.2, -0.15) is 0 Å². The molecule has 2 rings (SSSR count). The molecule has 0 bridgehead atoms. The van der Waals surface area contributed by atoms with Gasteiger partial charge in [0.25, 0.3) is 0 Å². The average Bonchev–Trinajstić information content (AvgIpc) is 2.63. The van der Waals surface area contributed by atoms with Gasteiger partial charge in [-0.25, -0.2) is 8.42 Å². The number of benzene rings is 1. The molecule has 1 heterocycles. The highest BCUT2D eigenvalue weighted by Gasteiger charge is 2.15. The van der Waals surface area contributed by atoms with Crippen LogP contribution in [0.3, 0.4) is 0 Å². The van der Waals surface area contributed by atoms with Crippen molar-refractivity contribution >= 4 is 9.84 Å². The molecule has 0 unspecified atom stereocenters. The Kier molecular flexibility index (Phi) is 8.93. The van der Waals surface area contributed by atoms with Crippen molar-refractivity contribution in [1.29, 1.82) is 0 Å². The van der Waals surface area contributed by atoms with Gasteiger partial charge in [0.2, 0.25) is 0 Å². The largest absolute Gasteiger partial charge is 0.490 e. The summed E-state index contributed by atoms with van der Waals surface area (Å²) in [5.74, 6) is 1.28. The van der Waals surface area contributed by atoms with E-state index in [0.29, 0.717) is 5.75 Å². The summed E-state index contributed by atoms with van der Waals surface area (Å²) in [6.07, 6.45) is 8.51. The first-order valence-corrected chi connectivity index (χ1v) is 11.7. The molecule has 0 aliphatic carbocycles. The molecule has 0 aromatic heterocycles. The smallest absolute Gasteiger partial charge is 0.152 e. The van der Waals surface area contributed by atoms with Crippen LogP contribution in [-0.2, 0) is 21.0 Å². The van der Waals surface area contributed by atoms with E-state index in [4.69, 9.17) is 9.47 Å². The van der Waals surface area contributed by atoms with Crippen molar-refractivity contribution in [2.24, 2.45) is 0 Å². The number of aryl methyl sites for hydroxylation is 1. The average molecular weight is 383 g/mol. The minimum absolute atomic E-state index is 0.249. The molecule has 0 amide bonds. The summed E-state index contributed by atoms with van der Waals surface area (Å²) in [6.45, 7) is 5.11. The van der Waals surface area contributed by atoms with Gasteiger partial charge in [-0.1, -0.05) is 31.4 Å². The van der Waals surface area contributed by atoms with Crippen LogP contribution in [0.1, 0.15) is 64.4 Å². The van der Waals surface area contributed by atoms with Crippen LogP contribution in [-0.4, -0.2) is 38.7 Å². The van der Waals surface area contributed by atoms with E-state index in [-0.39, 0.29) is 11.4 Å². The topological polar surface area (TPSA) is 52.6 Å². The van der Waals surface area contributed by atoms with E-state index >= 15 is 0 Å². The van der Waals surface area contributed by atoms with E-state index in [1.807, 2.05) is 0 Å². The van der Waals surface area contributed by atoms with Crippen molar-refractivity contribution in [3.05, 3.63) is 29.8 Å². The quantitative estimate of drug-likeness (QED) is 0.527. The zero-order chi connectivity index (χ0) is 18.8. The molecule has 5 heteroatoms. The standard InChI is InChI=1S/C21H34O4S/c1-18(2)26(22,23)17-7-5-3-4-6-8-19-9-11-20(12-10-19)25-21-13-15-24-16-14-21/h9-12,18,21H,3-8,13-17H2,1-2H3. The maximum atomic E-state index is 11.7. The Morgan fingerprint density at radius 2 is 1.62 bits per heavy atom. The summed E-state index contributed by atoms with van der Waals surface area (Å²) in [7, 11) is -2.87.